The van der Waals surface area contributed by atoms with Gasteiger partial charge >= 0.3 is 0 Å². The molecule has 122 valence electrons. The van der Waals surface area contributed by atoms with Crippen LogP contribution in [-0.2, 0) is 0 Å². The van der Waals surface area contributed by atoms with E-state index in [1.807, 2.05) is 37.0 Å². The molecule has 0 radical (unpaired) electrons. The molecule has 1 N–H and O–H groups in total. The average molecular weight is 322 g/mol. The largest absolute Gasteiger partial charge is 0.323 e. The van der Waals surface area contributed by atoms with E-state index in [0.29, 0.717) is 5.95 Å². The molecular weight excluding hydrogens is 304 g/mol. The van der Waals surface area contributed by atoms with E-state index >= 15 is 0 Å². The van der Waals surface area contributed by atoms with E-state index in [1.165, 1.54) is 6.33 Å². The van der Waals surface area contributed by atoms with Crippen molar-refractivity contribution in [2.75, 3.05) is 5.32 Å². The predicted octanol–water partition coefficient (Wildman–Crippen LogP) is 2.81. The van der Waals surface area contributed by atoms with Gasteiger partial charge in [0, 0.05) is 12.2 Å². The Labute approximate surface area is 138 Å². The molecule has 8 heteroatoms. The summed E-state index contributed by atoms with van der Waals surface area (Å²) in [5.74, 6) is 0.534. The summed E-state index contributed by atoms with van der Waals surface area (Å²) in [5.41, 5.74) is 4.51. The Kier molecular flexibility index (Phi) is 3.19. The summed E-state index contributed by atoms with van der Waals surface area (Å²) < 4.78 is 3.64. The van der Waals surface area contributed by atoms with Crippen LogP contribution in [0.1, 0.15) is 31.1 Å². The van der Waals surface area contributed by atoms with E-state index < -0.39 is 0 Å². The first-order valence-corrected chi connectivity index (χ1v) is 7.82. The number of fused-ring (bicyclic) bond motifs is 2. The summed E-state index contributed by atoms with van der Waals surface area (Å²) in [4.78, 5) is 13.3. The lowest BCUT2D eigenvalue weighted by Gasteiger charge is -2.10. The van der Waals surface area contributed by atoms with Crippen LogP contribution in [0.4, 0.5) is 11.6 Å². The number of nitrogens with one attached hydrogen (secondary N) is 1. The Morgan fingerprint density at radius 2 is 2.00 bits per heavy atom. The monoisotopic (exact) mass is 322 g/mol. The number of aromatic nitrogens is 7. The molecule has 0 unspecified atom stereocenters. The standard InChI is InChI=1S/C16H18N8/c1-9(2)24-15-12(11(4)22-24)6-17-16(21-15)20-13-7-23-14(5-10(13)3)18-8-19-23/h5-9H,1-4H3,(H,17,20,21). The van der Waals surface area contributed by atoms with Crippen molar-refractivity contribution in [3.63, 3.8) is 0 Å². The first-order chi connectivity index (χ1) is 11.5. The SMILES string of the molecule is Cc1cc2ncnn2cc1Nc1ncc2c(C)nn(C(C)C)c2n1. The van der Waals surface area contributed by atoms with Crippen LogP contribution in [0, 0.1) is 13.8 Å². The summed E-state index contributed by atoms with van der Waals surface area (Å²) in [5, 5.41) is 13.0. The minimum atomic E-state index is 0.234. The maximum atomic E-state index is 4.65. The second-order valence-corrected chi connectivity index (χ2v) is 6.11. The molecule has 0 aliphatic carbocycles. The smallest absolute Gasteiger partial charge is 0.229 e. The highest BCUT2D eigenvalue weighted by molar-refractivity contribution is 5.79. The molecule has 0 saturated carbocycles. The molecule has 4 rings (SSSR count). The summed E-state index contributed by atoms with van der Waals surface area (Å²) >= 11 is 0. The van der Waals surface area contributed by atoms with Gasteiger partial charge < -0.3 is 5.32 Å². The molecule has 0 saturated heterocycles. The van der Waals surface area contributed by atoms with Crippen LogP contribution in [0.15, 0.2) is 24.8 Å². The number of anilines is 2. The first kappa shape index (κ1) is 14.6. The molecule has 0 spiro atoms. The summed E-state index contributed by atoms with van der Waals surface area (Å²) in [6, 6.07) is 2.20. The van der Waals surface area contributed by atoms with Gasteiger partial charge in [0.2, 0.25) is 5.95 Å². The molecule has 24 heavy (non-hydrogen) atoms. The van der Waals surface area contributed by atoms with Gasteiger partial charge in [0.1, 0.15) is 6.33 Å². The van der Waals surface area contributed by atoms with E-state index in [-0.39, 0.29) is 6.04 Å². The average Bonchev–Trinajstić information content (AvgIpc) is 3.12. The van der Waals surface area contributed by atoms with Crippen LogP contribution < -0.4 is 5.32 Å². The van der Waals surface area contributed by atoms with Gasteiger partial charge in [-0.15, -0.1) is 0 Å². The lowest BCUT2D eigenvalue weighted by Crippen LogP contribution is -2.06. The van der Waals surface area contributed by atoms with Crippen LogP contribution in [0.5, 0.6) is 0 Å². The third-order valence-electron chi connectivity index (χ3n) is 3.99. The predicted molar refractivity (Wildman–Crippen MR) is 91.5 cm³/mol. The van der Waals surface area contributed by atoms with Crippen molar-refractivity contribution in [1.82, 2.24) is 34.3 Å². The van der Waals surface area contributed by atoms with Crippen molar-refractivity contribution in [3.8, 4) is 0 Å². The summed E-state index contributed by atoms with van der Waals surface area (Å²) in [6.07, 6.45) is 5.23. The van der Waals surface area contributed by atoms with Crippen LogP contribution in [0.25, 0.3) is 16.7 Å². The quantitative estimate of drug-likeness (QED) is 0.624. The highest BCUT2D eigenvalue weighted by Gasteiger charge is 2.13. The normalized spacial score (nSPS) is 11.7. The molecule has 4 heterocycles. The fourth-order valence-electron chi connectivity index (χ4n) is 2.69. The second kappa shape index (κ2) is 5.26. The molecule has 0 aliphatic rings. The lowest BCUT2D eigenvalue weighted by molar-refractivity contribution is 0.542. The molecule has 0 atom stereocenters. The van der Waals surface area contributed by atoms with Crippen LogP contribution in [0.2, 0.25) is 0 Å². The number of nitrogens with zero attached hydrogens (tertiary/aromatic N) is 7. The minimum absolute atomic E-state index is 0.234. The van der Waals surface area contributed by atoms with E-state index in [9.17, 15) is 0 Å². The molecule has 0 bridgehead atoms. The van der Waals surface area contributed by atoms with Crippen LogP contribution in [-0.4, -0.2) is 34.3 Å². The highest BCUT2D eigenvalue weighted by atomic mass is 15.3. The zero-order valence-corrected chi connectivity index (χ0v) is 14.0. The van der Waals surface area contributed by atoms with Gasteiger partial charge in [0.25, 0.3) is 0 Å². The number of pyridine rings is 1. The summed E-state index contributed by atoms with van der Waals surface area (Å²) in [6.45, 7) is 8.16. The van der Waals surface area contributed by atoms with E-state index in [0.717, 1.165) is 33.6 Å². The Bertz CT molecular complexity index is 1040. The van der Waals surface area contributed by atoms with Gasteiger partial charge in [0.15, 0.2) is 11.3 Å². The van der Waals surface area contributed by atoms with E-state index in [4.69, 9.17) is 0 Å². The van der Waals surface area contributed by atoms with Crippen molar-refractivity contribution in [3.05, 3.63) is 36.0 Å². The summed E-state index contributed by atoms with van der Waals surface area (Å²) in [7, 11) is 0. The molecule has 4 aromatic rings. The van der Waals surface area contributed by atoms with Gasteiger partial charge in [-0.3, -0.25) is 0 Å². The highest BCUT2D eigenvalue weighted by Crippen LogP contribution is 2.23. The third-order valence-corrected chi connectivity index (χ3v) is 3.99. The lowest BCUT2D eigenvalue weighted by atomic mass is 10.2. The topological polar surface area (TPSA) is 85.8 Å². The molecule has 0 aliphatic heterocycles. The molecule has 0 fully saturated rings. The Hall–Kier alpha value is -3.03. The van der Waals surface area contributed by atoms with Gasteiger partial charge in [-0.2, -0.15) is 15.2 Å². The minimum Gasteiger partial charge on any atom is -0.323 e. The van der Waals surface area contributed by atoms with Crippen molar-refractivity contribution in [2.45, 2.75) is 33.7 Å². The van der Waals surface area contributed by atoms with Crippen molar-refractivity contribution in [2.24, 2.45) is 0 Å². The number of aryl methyl sites for hydroxylation is 2. The Morgan fingerprint density at radius 3 is 2.79 bits per heavy atom. The zero-order valence-electron chi connectivity index (χ0n) is 14.0. The first-order valence-electron chi connectivity index (χ1n) is 7.82. The fraction of sp³-hybridized carbons (Fsp3) is 0.312. The molecule has 4 aromatic heterocycles. The molecule has 0 amide bonds. The van der Waals surface area contributed by atoms with E-state index in [2.05, 4.69) is 44.3 Å². The Morgan fingerprint density at radius 1 is 1.17 bits per heavy atom. The van der Waals surface area contributed by atoms with Crippen LogP contribution in [0.3, 0.4) is 0 Å². The molecular formula is C16H18N8. The van der Waals surface area contributed by atoms with Gasteiger partial charge in [0.05, 0.1) is 23.0 Å². The van der Waals surface area contributed by atoms with Gasteiger partial charge in [-0.25, -0.2) is 19.2 Å². The van der Waals surface area contributed by atoms with Crippen molar-refractivity contribution < 1.29 is 0 Å². The number of hydrogen-bond donors (Lipinski definition) is 1. The van der Waals surface area contributed by atoms with E-state index in [1.54, 1.807) is 4.52 Å². The molecule has 8 nitrogen and oxygen atoms in total. The van der Waals surface area contributed by atoms with Crippen molar-refractivity contribution in [1.29, 1.82) is 0 Å². The fourth-order valence-corrected chi connectivity index (χ4v) is 2.69. The zero-order chi connectivity index (χ0) is 16.8. The third kappa shape index (κ3) is 2.27. The maximum Gasteiger partial charge on any atom is 0.229 e. The van der Waals surface area contributed by atoms with Gasteiger partial charge in [-0.05, 0) is 39.3 Å². The molecule has 0 aromatic carbocycles. The second-order valence-electron chi connectivity index (χ2n) is 6.11. The Balaban J connectivity index is 1.78. The number of hydrogen-bond acceptors (Lipinski definition) is 6. The van der Waals surface area contributed by atoms with Crippen LogP contribution >= 0.6 is 0 Å². The maximum absolute atomic E-state index is 4.65. The number of rotatable bonds is 3. The van der Waals surface area contributed by atoms with Crippen molar-refractivity contribution >= 4 is 28.3 Å². The van der Waals surface area contributed by atoms with Gasteiger partial charge in [-0.1, -0.05) is 0 Å².